The van der Waals surface area contributed by atoms with E-state index in [0.717, 1.165) is 0 Å². The summed E-state index contributed by atoms with van der Waals surface area (Å²) in [4.78, 5) is 14.9. The molecule has 1 amide bonds. The van der Waals surface area contributed by atoms with Crippen molar-refractivity contribution in [2.45, 2.75) is 6.18 Å². The molecule has 0 aliphatic carbocycles. The van der Waals surface area contributed by atoms with Gasteiger partial charge >= 0.3 is 6.18 Å². The van der Waals surface area contributed by atoms with Crippen LogP contribution in [0.1, 0.15) is 10.4 Å². The van der Waals surface area contributed by atoms with Crippen molar-refractivity contribution in [3.8, 4) is 0 Å². The molecule has 15 heavy (non-hydrogen) atoms. The maximum atomic E-state index is 11.8. The highest BCUT2D eigenvalue weighted by Gasteiger charge is 2.27. The van der Waals surface area contributed by atoms with E-state index in [-0.39, 0.29) is 5.56 Å². The van der Waals surface area contributed by atoms with Crippen molar-refractivity contribution in [2.24, 2.45) is 0 Å². The topological polar surface area (TPSA) is 42.0 Å². The Kier molecular flexibility index (Phi) is 3.67. The van der Waals surface area contributed by atoms with Gasteiger partial charge in [0.15, 0.2) is 0 Å². The fourth-order valence-corrected chi connectivity index (χ4v) is 1.19. The molecule has 0 aliphatic heterocycles. The number of aromatic nitrogens is 1. The van der Waals surface area contributed by atoms with Crippen molar-refractivity contribution in [3.05, 3.63) is 28.5 Å². The second-order valence-electron chi connectivity index (χ2n) is 2.67. The number of carbonyl (C=O) groups excluding carboxylic acids is 1. The Morgan fingerprint density at radius 1 is 1.53 bits per heavy atom. The molecular formula is C8H6BrF3N2O. The fraction of sp³-hybridized carbons (Fsp3) is 0.250. The van der Waals surface area contributed by atoms with Crippen LogP contribution >= 0.6 is 15.9 Å². The molecule has 3 nitrogen and oxygen atoms in total. The lowest BCUT2D eigenvalue weighted by atomic mass is 10.2. The first kappa shape index (κ1) is 12.0. The smallest absolute Gasteiger partial charge is 0.343 e. The minimum atomic E-state index is -4.40. The minimum absolute atomic E-state index is 0.126. The van der Waals surface area contributed by atoms with E-state index in [2.05, 4.69) is 20.9 Å². The van der Waals surface area contributed by atoms with E-state index in [1.807, 2.05) is 0 Å². The molecule has 0 atom stereocenters. The van der Waals surface area contributed by atoms with Gasteiger partial charge in [0.25, 0.3) is 5.91 Å². The summed E-state index contributed by atoms with van der Waals surface area (Å²) in [5.74, 6) is -0.782. The molecule has 1 rings (SSSR count). The Labute approximate surface area is 91.8 Å². The summed E-state index contributed by atoms with van der Waals surface area (Å²) in [7, 11) is 0. The van der Waals surface area contributed by atoms with Crippen LogP contribution in [-0.4, -0.2) is 23.6 Å². The highest BCUT2D eigenvalue weighted by molar-refractivity contribution is 9.10. The number of carbonyl (C=O) groups is 1. The Morgan fingerprint density at radius 2 is 2.20 bits per heavy atom. The lowest BCUT2D eigenvalue weighted by molar-refractivity contribution is -0.123. The predicted molar refractivity (Wildman–Crippen MR) is 50.3 cm³/mol. The SMILES string of the molecule is O=C(NCC(F)(F)F)c1ccnc(Br)c1. The summed E-state index contributed by atoms with van der Waals surface area (Å²) < 4.78 is 35.7. The highest BCUT2D eigenvalue weighted by Crippen LogP contribution is 2.13. The number of amides is 1. The van der Waals surface area contributed by atoms with Gasteiger partial charge in [0, 0.05) is 11.8 Å². The number of nitrogens with one attached hydrogen (secondary N) is 1. The van der Waals surface area contributed by atoms with Crippen molar-refractivity contribution in [2.75, 3.05) is 6.54 Å². The highest BCUT2D eigenvalue weighted by atomic mass is 79.9. The van der Waals surface area contributed by atoms with Gasteiger partial charge < -0.3 is 5.32 Å². The molecule has 1 aromatic rings. The standard InChI is InChI=1S/C8H6BrF3N2O/c9-6-3-5(1-2-13-6)7(15)14-4-8(10,11)12/h1-3H,4H2,(H,14,15). The quantitative estimate of drug-likeness (QED) is 0.845. The summed E-state index contributed by atoms with van der Waals surface area (Å²) in [6, 6.07) is 2.67. The molecule has 1 aromatic heterocycles. The molecule has 0 aliphatic rings. The summed E-state index contributed by atoms with van der Waals surface area (Å²) in [5.41, 5.74) is 0.126. The molecule has 0 saturated carbocycles. The number of alkyl halides is 3. The maximum Gasteiger partial charge on any atom is 0.405 e. The number of hydrogen-bond acceptors (Lipinski definition) is 2. The number of rotatable bonds is 2. The van der Waals surface area contributed by atoms with E-state index in [4.69, 9.17) is 0 Å². The second-order valence-corrected chi connectivity index (χ2v) is 3.48. The summed E-state index contributed by atoms with van der Waals surface area (Å²) in [5, 5.41) is 1.75. The van der Waals surface area contributed by atoms with Gasteiger partial charge in [-0.3, -0.25) is 4.79 Å². The maximum absolute atomic E-state index is 11.8. The minimum Gasteiger partial charge on any atom is -0.343 e. The Hall–Kier alpha value is -1.11. The van der Waals surface area contributed by atoms with Gasteiger partial charge in [-0.25, -0.2) is 4.98 Å². The molecule has 0 saturated heterocycles. The Bertz CT molecular complexity index is 367. The molecule has 0 spiro atoms. The third kappa shape index (κ3) is 4.28. The monoisotopic (exact) mass is 282 g/mol. The van der Waals surface area contributed by atoms with Crippen LogP contribution in [-0.2, 0) is 0 Å². The average molecular weight is 283 g/mol. The molecule has 7 heteroatoms. The normalized spacial score (nSPS) is 11.2. The molecule has 1 heterocycles. The van der Waals surface area contributed by atoms with Gasteiger partial charge in [-0.05, 0) is 28.1 Å². The number of hydrogen-bond donors (Lipinski definition) is 1. The van der Waals surface area contributed by atoms with Crippen LogP contribution in [0.25, 0.3) is 0 Å². The van der Waals surface area contributed by atoms with Gasteiger partial charge in [0.05, 0.1) is 0 Å². The second kappa shape index (κ2) is 4.61. The van der Waals surface area contributed by atoms with Crippen molar-refractivity contribution in [1.29, 1.82) is 0 Å². The van der Waals surface area contributed by atoms with Gasteiger partial charge in [-0.2, -0.15) is 13.2 Å². The molecule has 0 radical (unpaired) electrons. The summed E-state index contributed by atoms with van der Waals surface area (Å²) in [6.07, 6.45) is -3.08. The van der Waals surface area contributed by atoms with Crippen LogP contribution in [0.15, 0.2) is 22.9 Å². The van der Waals surface area contributed by atoms with Gasteiger partial charge in [-0.1, -0.05) is 0 Å². The Balaban J connectivity index is 2.62. The molecule has 1 N–H and O–H groups in total. The van der Waals surface area contributed by atoms with Crippen LogP contribution in [0.5, 0.6) is 0 Å². The zero-order valence-corrected chi connectivity index (χ0v) is 8.89. The molecular weight excluding hydrogens is 277 g/mol. The number of nitrogens with zero attached hydrogens (tertiary/aromatic N) is 1. The molecule has 0 bridgehead atoms. The van der Waals surface area contributed by atoms with Crippen LogP contribution in [0.3, 0.4) is 0 Å². The third-order valence-corrected chi connectivity index (χ3v) is 1.87. The molecule has 0 fully saturated rings. The van der Waals surface area contributed by atoms with E-state index in [1.165, 1.54) is 18.3 Å². The summed E-state index contributed by atoms with van der Waals surface area (Å²) >= 11 is 3.01. The van der Waals surface area contributed by atoms with Crippen LogP contribution in [0, 0.1) is 0 Å². The van der Waals surface area contributed by atoms with Crippen molar-refractivity contribution < 1.29 is 18.0 Å². The average Bonchev–Trinajstić information content (AvgIpc) is 2.13. The number of pyridine rings is 1. The third-order valence-electron chi connectivity index (χ3n) is 1.44. The van der Waals surface area contributed by atoms with Gasteiger partial charge in [-0.15, -0.1) is 0 Å². The zero-order valence-electron chi connectivity index (χ0n) is 7.31. The van der Waals surface area contributed by atoms with Crippen LogP contribution < -0.4 is 5.32 Å². The fourth-order valence-electron chi connectivity index (χ4n) is 0.826. The van der Waals surface area contributed by atoms with Crippen molar-refractivity contribution in [3.63, 3.8) is 0 Å². The first-order valence-corrected chi connectivity index (χ1v) is 4.64. The number of halogens is 4. The predicted octanol–water partition coefficient (Wildman–Crippen LogP) is 2.14. The zero-order chi connectivity index (χ0) is 11.5. The van der Waals surface area contributed by atoms with Crippen molar-refractivity contribution >= 4 is 21.8 Å². The van der Waals surface area contributed by atoms with Crippen LogP contribution in [0.4, 0.5) is 13.2 Å². The lowest BCUT2D eigenvalue weighted by Gasteiger charge is -2.07. The van der Waals surface area contributed by atoms with Crippen molar-refractivity contribution in [1.82, 2.24) is 10.3 Å². The van der Waals surface area contributed by atoms with E-state index in [9.17, 15) is 18.0 Å². The summed E-state index contributed by atoms with van der Waals surface area (Å²) in [6.45, 7) is -1.34. The van der Waals surface area contributed by atoms with E-state index in [1.54, 1.807) is 5.32 Å². The van der Waals surface area contributed by atoms with E-state index >= 15 is 0 Å². The molecule has 0 unspecified atom stereocenters. The van der Waals surface area contributed by atoms with Gasteiger partial charge in [0.2, 0.25) is 0 Å². The lowest BCUT2D eigenvalue weighted by Crippen LogP contribution is -2.33. The molecule has 0 aromatic carbocycles. The first-order chi connectivity index (χ1) is 6.88. The first-order valence-electron chi connectivity index (χ1n) is 3.85. The van der Waals surface area contributed by atoms with Crippen LogP contribution in [0.2, 0.25) is 0 Å². The van der Waals surface area contributed by atoms with Gasteiger partial charge in [0.1, 0.15) is 11.1 Å². The van der Waals surface area contributed by atoms with E-state index < -0.39 is 18.6 Å². The largest absolute Gasteiger partial charge is 0.405 e. The van der Waals surface area contributed by atoms with E-state index in [0.29, 0.717) is 4.60 Å². The molecule has 82 valence electrons. The Morgan fingerprint density at radius 3 is 2.73 bits per heavy atom.